The van der Waals surface area contributed by atoms with E-state index in [4.69, 9.17) is 5.10 Å². The highest BCUT2D eigenvalue weighted by molar-refractivity contribution is 5.98. The zero-order valence-electron chi connectivity index (χ0n) is 20.3. The molecule has 2 N–H and O–H groups in total. The van der Waals surface area contributed by atoms with Crippen LogP contribution in [0, 0.1) is 0 Å². The molecule has 0 spiro atoms. The third kappa shape index (κ3) is 5.59. The number of hydrogen-bond donors (Lipinski definition) is 2. The van der Waals surface area contributed by atoms with Gasteiger partial charge in [0.15, 0.2) is 0 Å². The third-order valence-electron chi connectivity index (χ3n) is 6.26. The van der Waals surface area contributed by atoms with E-state index in [0.29, 0.717) is 18.5 Å². The van der Waals surface area contributed by atoms with Crippen LogP contribution in [-0.4, -0.2) is 40.6 Å². The van der Waals surface area contributed by atoms with Crippen molar-refractivity contribution in [1.29, 1.82) is 0 Å². The molecule has 8 nitrogen and oxygen atoms in total. The number of carbonyl (C=O) groups is 3. The Bertz CT molecular complexity index is 1400. The van der Waals surface area contributed by atoms with Gasteiger partial charge in [0.2, 0.25) is 11.8 Å². The molecule has 37 heavy (non-hydrogen) atoms. The maximum Gasteiger partial charge on any atom is 0.251 e. The summed E-state index contributed by atoms with van der Waals surface area (Å²) in [6, 6.07) is 26.4. The lowest BCUT2D eigenvalue weighted by molar-refractivity contribution is -0.120. The van der Waals surface area contributed by atoms with Crippen molar-refractivity contribution in [2.45, 2.75) is 19.4 Å². The third-order valence-corrected chi connectivity index (χ3v) is 6.26. The molecule has 5 rings (SSSR count). The molecule has 8 heteroatoms. The molecule has 0 atom stereocenters. The Morgan fingerprint density at radius 3 is 2.22 bits per heavy atom. The number of rotatable bonds is 8. The van der Waals surface area contributed by atoms with E-state index in [0.717, 1.165) is 34.6 Å². The van der Waals surface area contributed by atoms with Gasteiger partial charge in [-0.15, -0.1) is 0 Å². The largest absolute Gasteiger partial charge is 0.350 e. The lowest BCUT2D eigenvalue weighted by atomic mass is 10.1. The van der Waals surface area contributed by atoms with Crippen LogP contribution < -0.4 is 15.5 Å². The van der Waals surface area contributed by atoms with E-state index in [2.05, 4.69) is 10.6 Å². The number of anilines is 1. The van der Waals surface area contributed by atoms with Crippen LogP contribution in [0.1, 0.15) is 28.8 Å². The second-order valence-electron chi connectivity index (χ2n) is 8.80. The van der Waals surface area contributed by atoms with Crippen LogP contribution in [-0.2, 0) is 16.1 Å². The summed E-state index contributed by atoms with van der Waals surface area (Å²) in [5, 5.41) is 10.3. The van der Waals surface area contributed by atoms with Gasteiger partial charge in [0.1, 0.15) is 0 Å². The van der Waals surface area contributed by atoms with Crippen LogP contribution in [0.4, 0.5) is 5.69 Å². The summed E-state index contributed by atoms with van der Waals surface area (Å²) < 4.78 is 1.80. The lowest BCUT2D eigenvalue weighted by Gasteiger charge is -2.15. The van der Waals surface area contributed by atoms with Crippen molar-refractivity contribution in [2.75, 3.05) is 18.0 Å². The highest BCUT2D eigenvalue weighted by Crippen LogP contribution is 2.24. The summed E-state index contributed by atoms with van der Waals surface area (Å²) in [6.45, 7) is 0.809. The summed E-state index contributed by atoms with van der Waals surface area (Å²) in [7, 11) is 0. The Labute approximate surface area is 214 Å². The Morgan fingerprint density at radius 1 is 0.838 bits per heavy atom. The number of hydrogen-bond acceptors (Lipinski definition) is 4. The average molecular weight is 494 g/mol. The monoisotopic (exact) mass is 493 g/mol. The van der Waals surface area contributed by atoms with E-state index in [-0.39, 0.29) is 30.8 Å². The van der Waals surface area contributed by atoms with Gasteiger partial charge in [0.25, 0.3) is 5.91 Å². The van der Waals surface area contributed by atoms with Gasteiger partial charge in [-0.1, -0.05) is 48.5 Å². The fourth-order valence-electron chi connectivity index (χ4n) is 4.32. The van der Waals surface area contributed by atoms with Gasteiger partial charge in [0.05, 0.1) is 17.9 Å². The number of benzene rings is 3. The molecule has 3 aromatic carbocycles. The molecule has 3 amide bonds. The van der Waals surface area contributed by atoms with Gasteiger partial charge in [-0.25, -0.2) is 4.68 Å². The van der Waals surface area contributed by atoms with Gasteiger partial charge in [-0.05, 0) is 42.8 Å². The molecule has 1 aromatic heterocycles. The molecular weight excluding hydrogens is 466 g/mol. The molecule has 1 aliphatic heterocycles. The first-order valence-corrected chi connectivity index (χ1v) is 12.2. The fourth-order valence-corrected chi connectivity index (χ4v) is 4.32. The molecule has 186 valence electrons. The van der Waals surface area contributed by atoms with Crippen molar-refractivity contribution >= 4 is 23.4 Å². The first kappa shape index (κ1) is 24.0. The van der Waals surface area contributed by atoms with E-state index in [1.807, 2.05) is 66.9 Å². The van der Waals surface area contributed by atoms with Crippen LogP contribution >= 0.6 is 0 Å². The maximum atomic E-state index is 12.5. The Kier molecular flexibility index (Phi) is 7.07. The summed E-state index contributed by atoms with van der Waals surface area (Å²) in [4.78, 5) is 38.7. The number of carbonyl (C=O) groups excluding carboxylic acids is 3. The van der Waals surface area contributed by atoms with E-state index in [9.17, 15) is 14.4 Å². The quantitative estimate of drug-likeness (QED) is 0.391. The Morgan fingerprint density at radius 2 is 1.54 bits per heavy atom. The fraction of sp³-hybridized carbons (Fsp3) is 0.172. The molecule has 0 unspecified atom stereocenters. The molecule has 1 saturated heterocycles. The zero-order chi connectivity index (χ0) is 25.6. The van der Waals surface area contributed by atoms with Gasteiger partial charge < -0.3 is 15.5 Å². The second-order valence-corrected chi connectivity index (χ2v) is 8.80. The van der Waals surface area contributed by atoms with Crippen molar-refractivity contribution in [1.82, 2.24) is 20.4 Å². The normalized spacial score (nSPS) is 13.0. The molecule has 0 bridgehead atoms. The minimum Gasteiger partial charge on any atom is -0.350 e. The minimum atomic E-state index is -0.351. The highest BCUT2D eigenvalue weighted by atomic mass is 16.2. The van der Waals surface area contributed by atoms with Gasteiger partial charge in [0, 0.05) is 48.1 Å². The van der Waals surface area contributed by atoms with Crippen LogP contribution in [0.5, 0.6) is 0 Å². The van der Waals surface area contributed by atoms with E-state index < -0.39 is 0 Å². The molecule has 1 fully saturated rings. The van der Waals surface area contributed by atoms with Crippen LogP contribution in [0.25, 0.3) is 16.9 Å². The highest BCUT2D eigenvalue weighted by Gasteiger charge is 2.21. The van der Waals surface area contributed by atoms with Crippen molar-refractivity contribution in [3.8, 4) is 16.9 Å². The van der Waals surface area contributed by atoms with Crippen LogP contribution in [0.3, 0.4) is 0 Å². The van der Waals surface area contributed by atoms with Gasteiger partial charge in [-0.3, -0.25) is 14.4 Å². The van der Waals surface area contributed by atoms with E-state index in [1.54, 1.807) is 33.8 Å². The van der Waals surface area contributed by atoms with E-state index in [1.165, 1.54) is 0 Å². The Hall–Kier alpha value is -4.72. The summed E-state index contributed by atoms with van der Waals surface area (Å²) in [5.74, 6) is -0.561. The molecule has 4 aromatic rings. The predicted octanol–water partition coefficient (Wildman–Crippen LogP) is 3.71. The number of amides is 3. The number of para-hydroxylation sites is 1. The Balaban J connectivity index is 1.20. The molecule has 0 saturated carbocycles. The maximum absolute atomic E-state index is 12.5. The summed E-state index contributed by atoms with van der Waals surface area (Å²) >= 11 is 0. The zero-order valence-corrected chi connectivity index (χ0v) is 20.3. The number of nitrogens with one attached hydrogen (secondary N) is 2. The van der Waals surface area contributed by atoms with Gasteiger partial charge >= 0.3 is 0 Å². The van der Waals surface area contributed by atoms with Crippen molar-refractivity contribution < 1.29 is 14.4 Å². The van der Waals surface area contributed by atoms with Crippen LogP contribution in [0.2, 0.25) is 0 Å². The summed E-state index contributed by atoms with van der Waals surface area (Å²) in [6.07, 6.45) is 3.30. The van der Waals surface area contributed by atoms with Crippen molar-refractivity contribution in [3.05, 3.63) is 102 Å². The molecule has 0 radical (unpaired) electrons. The molecular formula is C29H27N5O3. The average Bonchev–Trinajstić information content (AvgIpc) is 3.58. The summed E-state index contributed by atoms with van der Waals surface area (Å²) in [5.41, 5.74) is 4.73. The standard InChI is InChI=1S/C29H27N5O3/c35-26(19-31-29(37)22-13-15-24(16-14-22)33-17-7-12-27(33)36)30-18-23-20-34(25-10-5-2-6-11-25)32-28(23)21-8-3-1-4-9-21/h1-6,8-11,13-16,20H,7,12,17-19H2,(H,30,35)(H,31,37). The second kappa shape index (κ2) is 10.9. The lowest BCUT2D eigenvalue weighted by Crippen LogP contribution is -2.36. The SMILES string of the molecule is O=C(CNC(=O)c1ccc(N2CCCC2=O)cc1)NCc1cn(-c2ccccc2)nc1-c1ccccc1. The topological polar surface area (TPSA) is 96.3 Å². The number of aromatic nitrogens is 2. The smallest absolute Gasteiger partial charge is 0.251 e. The number of nitrogens with zero attached hydrogens (tertiary/aromatic N) is 3. The molecule has 2 heterocycles. The van der Waals surface area contributed by atoms with Crippen LogP contribution in [0.15, 0.2) is 91.1 Å². The predicted molar refractivity (Wildman–Crippen MR) is 141 cm³/mol. The van der Waals surface area contributed by atoms with E-state index >= 15 is 0 Å². The molecule has 1 aliphatic rings. The minimum absolute atomic E-state index is 0.0959. The van der Waals surface area contributed by atoms with Crippen molar-refractivity contribution in [2.24, 2.45) is 0 Å². The van der Waals surface area contributed by atoms with Gasteiger partial charge in [-0.2, -0.15) is 5.10 Å². The molecule has 0 aliphatic carbocycles. The first-order chi connectivity index (χ1) is 18.1. The van der Waals surface area contributed by atoms with Crippen molar-refractivity contribution in [3.63, 3.8) is 0 Å². The first-order valence-electron chi connectivity index (χ1n) is 12.2.